The molecule has 0 saturated heterocycles. The number of aliphatic hydroxyl groups is 1. The van der Waals surface area contributed by atoms with Gasteiger partial charge in [-0.15, -0.1) is 0 Å². The largest absolute Gasteiger partial charge is 0.479 e. The van der Waals surface area contributed by atoms with Crippen LogP contribution in [0.15, 0.2) is 0 Å². The van der Waals surface area contributed by atoms with E-state index in [1.54, 1.807) is 6.92 Å². The topological polar surface area (TPSA) is 57.5 Å². The molecule has 0 heterocycles. The third-order valence-corrected chi connectivity index (χ3v) is 2.43. The van der Waals surface area contributed by atoms with E-state index in [1.807, 2.05) is 13.8 Å². The maximum Gasteiger partial charge on any atom is 0.335 e. The number of hydrogen-bond acceptors (Lipinski definition) is 2. The lowest BCUT2D eigenvalue weighted by Gasteiger charge is -2.28. The zero-order valence-corrected chi connectivity index (χ0v) is 8.00. The van der Waals surface area contributed by atoms with E-state index in [2.05, 4.69) is 0 Å². The van der Waals surface area contributed by atoms with Gasteiger partial charge in [-0.05, 0) is 12.3 Å². The van der Waals surface area contributed by atoms with E-state index >= 15 is 0 Å². The van der Waals surface area contributed by atoms with Gasteiger partial charge >= 0.3 is 5.97 Å². The van der Waals surface area contributed by atoms with Gasteiger partial charge in [0.1, 0.15) is 0 Å². The van der Waals surface area contributed by atoms with Crippen LogP contribution < -0.4 is 0 Å². The molecule has 0 aromatic rings. The van der Waals surface area contributed by atoms with Gasteiger partial charge in [0.2, 0.25) is 0 Å². The van der Waals surface area contributed by atoms with Crippen LogP contribution in [0.5, 0.6) is 0 Å². The van der Waals surface area contributed by atoms with E-state index in [0.717, 1.165) is 0 Å². The molecule has 0 aliphatic heterocycles. The average Bonchev–Trinajstić information content (AvgIpc) is 2.03. The average molecular weight is 174 g/mol. The second-order valence-electron chi connectivity index (χ2n) is 3.29. The van der Waals surface area contributed by atoms with Crippen molar-refractivity contribution >= 4 is 5.97 Å². The lowest BCUT2D eigenvalue weighted by molar-refractivity contribution is -0.165. The van der Waals surface area contributed by atoms with Crippen LogP contribution in [0.25, 0.3) is 0 Å². The molecule has 0 aromatic heterocycles. The predicted molar refractivity (Wildman–Crippen MR) is 46.9 cm³/mol. The molecule has 0 spiro atoms. The fourth-order valence-electron chi connectivity index (χ4n) is 1.28. The highest BCUT2D eigenvalue weighted by Crippen LogP contribution is 2.25. The summed E-state index contributed by atoms with van der Waals surface area (Å²) in [4.78, 5) is 10.8. The van der Waals surface area contributed by atoms with Crippen LogP contribution >= 0.6 is 0 Å². The van der Waals surface area contributed by atoms with E-state index < -0.39 is 11.6 Å². The molecule has 12 heavy (non-hydrogen) atoms. The lowest BCUT2D eigenvalue weighted by atomic mass is 9.83. The first kappa shape index (κ1) is 11.4. The van der Waals surface area contributed by atoms with Crippen LogP contribution in [0.4, 0.5) is 0 Å². The van der Waals surface area contributed by atoms with Crippen molar-refractivity contribution in [1.29, 1.82) is 0 Å². The van der Waals surface area contributed by atoms with Gasteiger partial charge in [-0.2, -0.15) is 0 Å². The smallest absolute Gasteiger partial charge is 0.335 e. The van der Waals surface area contributed by atoms with Crippen molar-refractivity contribution in [2.24, 2.45) is 5.92 Å². The summed E-state index contributed by atoms with van der Waals surface area (Å²) in [5.74, 6) is -1.28. The number of aliphatic carboxylic acids is 1. The van der Waals surface area contributed by atoms with Crippen LogP contribution in [0.2, 0.25) is 0 Å². The first-order valence-corrected chi connectivity index (χ1v) is 4.44. The van der Waals surface area contributed by atoms with Gasteiger partial charge in [-0.3, -0.25) is 0 Å². The Bertz CT molecular complexity index is 156. The second kappa shape index (κ2) is 4.45. The first-order valence-electron chi connectivity index (χ1n) is 4.44. The zero-order chi connectivity index (χ0) is 9.78. The summed E-state index contributed by atoms with van der Waals surface area (Å²) >= 11 is 0. The van der Waals surface area contributed by atoms with E-state index in [9.17, 15) is 9.90 Å². The minimum absolute atomic E-state index is 0.185. The summed E-state index contributed by atoms with van der Waals surface area (Å²) < 4.78 is 0. The quantitative estimate of drug-likeness (QED) is 0.666. The van der Waals surface area contributed by atoms with Crippen LogP contribution in [0.1, 0.15) is 40.0 Å². The minimum atomic E-state index is -1.52. The van der Waals surface area contributed by atoms with Crippen molar-refractivity contribution in [3.8, 4) is 0 Å². The SMILES string of the molecule is CCCC(O)(C(=O)O)C(C)CC. The maximum absolute atomic E-state index is 10.8. The molecule has 0 fully saturated rings. The highest BCUT2D eigenvalue weighted by atomic mass is 16.4. The van der Waals surface area contributed by atoms with Crippen molar-refractivity contribution in [2.75, 3.05) is 0 Å². The fourth-order valence-corrected chi connectivity index (χ4v) is 1.28. The molecule has 0 rings (SSSR count). The Kier molecular flexibility index (Phi) is 4.24. The van der Waals surface area contributed by atoms with Crippen LogP contribution in [0.3, 0.4) is 0 Å². The molecule has 2 atom stereocenters. The number of carbonyl (C=O) groups is 1. The molecule has 2 unspecified atom stereocenters. The van der Waals surface area contributed by atoms with Crippen molar-refractivity contribution in [2.45, 2.75) is 45.6 Å². The Labute approximate surface area is 73.4 Å². The summed E-state index contributed by atoms with van der Waals surface area (Å²) in [7, 11) is 0. The van der Waals surface area contributed by atoms with Crippen molar-refractivity contribution in [3.63, 3.8) is 0 Å². The lowest BCUT2D eigenvalue weighted by Crippen LogP contribution is -2.44. The Hall–Kier alpha value is -0.570. The summed E-state index contributed by atoms with van der Waals surface area (Å²) in [6.45, 7) is 5.52. The predicted octanol–water partition coefficient (Wildman–Crippen LogP) is 1.65. The molecule has 3 heteroatoms. The van der Waals surface area contributed by atoms with Crippen molar-refractivity contribution < 1.29 is 15.0 Å². The van der Waals surface area contributed by atoms with Gasteiger partial charge in [0.15, 0.2) is 5.60 Å². The van der Waals surface area contributed by atoms with E-state index in [4.69, 9.17) is 5.11 Å². The van der Waals surface area contributed by atoms with Crippen molar-refractivity contribution in [1.82, 2.24) is 0 Å². The molecule has 0 saturated carbocycles. The molecule has 0 aliphatic rings. The Morgan fingerprint density at radius 3 is 2.25 bits per heavy atom. The molecule has 0 bridgehead atoms. The van der Waals surface area contributed by atoms with E-state index in [1.165, 1.54) is 0 Å². The Morgan fingerprint density at radius 1 is 1.50 bits per heavy atom. The number of carboxylic acid groups (broad SMARTS) is 1. The summed E-state index contributed by atoms with van der Waals surface area (Å²) in [5.41, 5.74) is -1.52. The molecule has 3 nitrogen and oxygen atoms in total. The fraction of sp³-hybridized carbons (Fsp3) is 0.889. The normalized spacial score (nSPS) is 18.3. The van der Waals surface area contributed by atoms with Crippen LogP contribution in [-0.2, 0) is 4.79 Å². The minimum Gasteiger partial charge on any atom is -0.479 e. The van der Waals surface area contributed by atoms with E-state index in [0.29, 0.717) is 19.3 Å². The number of hydrogen-bond donors (Lipinski definition) is 2. The molecule has 0 aliphatic carbocycles. The Balaban J connectivity index is 4.48. The molecule has 72 valence electrons. The summed E-state index contributed by atoms with van der Waals surface area (Å²) in [6.07, 6.45) is 1.70. The molecular formula is C9H18O3. The van der Waals surface area contributed by atoms with Gasteiger partial charge < -0.3 is 10.2 Å². The zero-order valence-electron chi connectivity index (χ0n) is 8.00. The van der Waals surface area contributed by atoms with Crippen LogP contribution in [0, 0.1) is 5.92 Å². The second-order valence-corrected chi connectivity index (χ2v) is 3.29. The number of rotatable bonds is 5. The monoisotopic (exact) mass is 174 g/mol. The number of carboxylic acids is 1. The van der Waals surface area contributed by atoms with Crippen molar-refractivity contribution in [3.05, 3.63) is 0 Å². The van der Waals surface area contributed by atoms with Gasteiger partial charge in [-0.25, -0.2) is 4.79 Å². The third-order valence-electron chi connectivity index (χ3n) is 2.43. The van der Waals surface area contributed by atoms with Gasteiger partial charge in [-0.1, -0.05) is 33.6 Å². The standard InChI is InChI=1S/C9H18O3/c1-4-6-9(12,8(10)11)7(3)5-2/h7,12H,4-6H2,1-3H3,(H,10,11). The van der Waals surface area contributed by atoms with Crippen LogP contribution in [-0.4, -0.2) is 21.8 Å². The summed E-state index contributed by atoms with van der Waals surface area (Å²) in [5, 5.41) is 18.6. The molecule has 0 amide bonds. The highest BCUT2D eigenvalue weighted by molar-refractivity contribution is 5.77. The first-order chi connectivity index (χ1) is 5.49. The summed E-state index contributed by atoms with van der Waals surface area (Å²) in [6, 6.07) is 0. The molecular weight excluding hydrogens is 156 g/mol. The third kappa shape index (κ3) is 2.21. The van der Waals surface area contributed by atoms with Gasteiger partial charge in [0.05, 0.1) is 0 Å². The van der Waals surface area contributed by atoms with Gasteiger partial charge in [0.25, 0.3) is 0 Å². The molecule has 0 radical (unpaired) electrons. The van der Waals surface area contributed by atoms with E-state index in [-0.39, 0.29) is 5.92 Å². The Morgan fingerprint density at radius 2 is 2.00 bits per heavy atom. The molecule has 2 N–H and O–H groups in total. The molecule has 0 aromatic carbocycles. The van der Waals surface area contributed by atoms with Gasteiger partial charge in [0, 0.05) is 0 Å². The maximum atomic E-state index is 10.8. The highest BCUT2D eigenvalue weighted by Gasteiger charge is 2.39.